The van der Waals surface area contributed by atoms with Gasteiger partial charge in [0.1, 0.15) is 0 Å². The van der Waals surface area contributed by atoms with Crippen LogP contribution in [0, 0.1) is 0 Å². The van der Waals surface area contributed by atoms with E-state index in [0.29, 0.717) is 6.04 Å². The van der Waals surface area contributed by atoms with Crippen molar-refractivity contribution in [3.63, 3.8) is 0 Å². The first-order valence-electron chi connectivity index (χ1n) is 8.79. The molecule has 2 aliphatic rings. The van der Waals surface area contributed by atoms with Gasteiger partial charge in [0.15, 0.2) is 5.96 Å². The zero-order chi connectivity index (χ0) is 15.8. The Hall–Kier alpha value is -0.850. The molecule has 2 saturated heterocycles. The van der Waals surface area contributed by atoms with Gasteiger partial charge in [-0.15, -0.1) is 0 Å². The van der Waals surface area contributed by atoms with Crippen LogP contribution in [-0.4, -0.2) is 87.4 Å². The van der Waals surface area contributed by atoms with Gasteiger partial charge in [-0.25, -0.2) is 0 Å². The summed E-state index contributed by atoms with van der Waals surface area (Å²) >= 11 is 0. The molecule has 2 unspecified atom stereocenters. The van der Waals surface area contributed by atoms with E-state index in [1.807, 2.05) is 0 Å². The Morgan fingerprint density at radius 1 is 1.27 bits per heavy atom. The second kappa shape index (κ2) is 9.33. The van der Waals surface area contributed by atoms with Crippen LogP contribution in [0.25, 0.3) is 0 Å². The van der Waals surface area contributed by atoms with Crippen LogP contribution >= 0.6 is 0 Å². The lowest BCUT2D eigenvalue weighted by atomic mass is 10.2. The predicted octanol–water partition coefficient (Wildman–Crippen LogP) is 0.356. The summed E-state index contributed by atoms with van der Waals surface area (Å²) < 4.78 is 5.79. The molecule has 22 heavy (non-hydrogen) atoms. The van der Waals surface area contributed by atoms with E-state index in [0.717, 1.165) is 51.8 Å². The van der Waals surface area contributed by atoms with Gasteiger partial charge in [0, 0.05) is 32.2 Å². The number of nitrogens with zero attached hydrogens (tertiary/aromatic N) is 3. The summed E-state index contributed by atoms with van der Waals surface area (Å²) in [4.78, 5) is 9.63. The first-order valence-corrected chi connectivity index (χ1v) is 8.79. The average Bonchev–Trinajstić information content (AvgIpc) is 2.97. The molecule has 0 aromatic heterocycles. The van der Waals surface area contributed by atoms with Crippen molar-refractivity contribution < 1.29 is 4.74 Å². The minimum absolute atomic E-state index is 0.251. The first kappa shape index (κ1) is 17.5. The Labute approximate surface area is 135 Å². The van der Waals surface area contributed by atoms with E-state index in [9.17, 15) is 0 Å². The molecule has 0 spiro atoms. The number of likely N-dealkylation sites (tertiary alicyclic amines) is 1. The fraction of sp³-hybridized carbons (Fsp3) is 0.938. The number of morpholine rings is 1. The van der Waals surface area contributed by atoms with E-state index >= 15 is 0 Å². The fourth-order valence-electron chi connectivity index (χ4n) is 3.26. The number of ether oxygens (including phenoxy) is 1. The average molecular weight is 311 g/mol. The predicted molar refractivity (Wildman–Crippen MR) is 91.5 cm³/mol. The Morgan fingerprint density at radius 2 is 2.14 bits per heavy atom. The van der Waals surface area contributed by atoms with E-state index < -0.39 is 0 Å². The number of hydrogen-bond acceptors (Lipinski definition) is 4. The Balaban J connectivity index is 1.79. The minimum atomic E-state index is 0.251. The van der Waals surface area contributed by atoms with Gasteiger partial charge in [-0.2, -0.15) is 0 Å². The molecule has 0 radical (unpaired) electrons. The number of likely N-dealkylation sites (N-methyl/N-ethyl adjacent to an activating group) is 2. The monoisotopic (exact) mass is 311 g/mol. The summed E-state index contributed by atoms with van der Waals surface area (Å²) in [6.45, 7) is 12.1. The van der Waals surface area contributed by atoms with Crippen molar-refractivity contribution in [1.82, 2.24) is 20.4 Å². The molecule has 0 bridgehead atoms. The van der Waals surface area contributed by atoms with Crippen LogP contribution in [0.2, 0.25) is 0 Å². The molecule has 128 valence electrons. The molecule has 0 saturated carbocycles. The highest BCUT2D eigenvalue weighted by molar-refractivity contribution is 5.79. The molecule has 0 aromatic carbocycles. The number of aliphatic imine (C=N–C) groups is 1. The summed E-state index contributed by atoms with van der Waals surface area (Å²) in [7, 11) is 2.15. The van der Waals surface area contributed by atoms with Gasteiger partial charge in [-0.05, 0) is 39.9 Å². The molecule has 6 nitrogen and oxygen atoms in total. The Kier molecular flexibility index (Phi) is 7.42. The van der Waals surface area contributed by atoms with Gasteiger partial charge < -0.3 is 20.3 Å². The van der Waals surface area contributed by atoms with E-state index in [1.54, 1.807) is 0 Å². The fourth-order valence-corrected chi connectivity index (χ4v) is 3.26. The molecule has 0 aliphatic carbocycles. The lowest BCUT2D eigenvalue weighted by molar-refractivity contribution is -0.0161. The molecule has 2 aliphatic heterocycles. The summed E-state index contributed by atoms with van der Waals surface area (Å²) in [6.07, 6.45) is 2.83. The maximum atomic E-state index is 5.79. The molecule has 0 aromatic rings. The van der Waals surface area contributed by atoms with E-state index in [-0.39, 0.29) is 6.10 Å². The number of hydrogen-bond donors (Lipinski definition) is 2. The third-order valence-corrected chi connectivity index (χ3v) is 4.55. The van der Waals surface area contributed by atoms with Crippen LogP contribution in [0.3, 0.4) is 0 Å². The molecule has 0 amide bonds. The molecular weight excluding hydrogens is 278 g/mol. The first-order chi connectivity index (χ1) is 10.7. The Morgan fingerprint density at radius 3 is 2.86 bits per heavy atom. The lowest BCUT2D eigenvalue weighted by Gasteiger charge is -2.30. The third kappa shape index (κ3) is 5.41. The molecule has 2 heterocycles. The van der Waals surface area contributed by atoms with Crippen LogP contribution in [0.4, 0.5) is 0 Å². The zero-order valence-electron chi connectivity index (χ0n) is 14.5. The summed E-state index contributed by atoms with van der Waals surface area (Å²) in [6, 6.07) is 0.609. The van der Waals surface area contributed by atoms with Crippen LogP contribution in [-0.2, 0) is 4.74 Å². The molecule has 2 N–H and O–H groups in total. The molecule has 2 fully saturated rings. The van der Waals surface area contributed by atoms with Crippen molar-refractivity contribution in [3.05, 3.63) is 0 Å². The molecule has 2 rings (SSSR count). The molecular formula is C16H33N5O. The SMILES string of the molecule is CCNC(=NCC1CCCN1CC)NCC1CN(C)CCO1. The van der Waals surface area contributed by atoms with Gasteiger partial charge in [0.05, 0.1) is 19.3 Å². The molecule has 2 atom stereocenters. The van der Waals surface area contributed by atoms with Crippen LogP contribution in [0.1, 0.15) is 26.7 Å². The minimum Gasteiger partial charge on any atom is -0.374 e. The van der Waals surface area contributed by atoms with Gasteiger partial charge in [-0.1, -0.05) is 6.92 Å². The van der Waals surface area contributed by atoms with E-state index in [1.165, 1.54) is 19.4 Å². The third-order valence-electron chi connectivity index (χ3n) is 4.55. The van der Waals surface area contributed by atoms with Crippen LogP contribution < -0.4 is 10.6 Å². The summed E-state index contributed by atoms with van der Waals surface area (Å²) in [5.41, 5.74) is 0. The maximum absolute atomic E-state index is 5.79. The smallest absolute Gasteiger partial charge is 0.191 e. The van der Waals surface area contributed by atoms with Crippen molar-refractivity contribution in [1.29, 1.82) is 0 Å². The number of rotatable bonds is 6. The standard InChI is InChI=1S/C16H33N5O/c1-4-17-16(18-11-14-7-6-8-21(14)5-2)19-12-15-13-20(3)9-10-22-15/h14-15H,4-13H2,1-3H3,(H2,17,18,19). The van der Waals surface area contributed by atoms with E-state index in [4.69, 9.17) is 9.73 Å². The summed E-state index contributed by atoms with van der Waals surface area (Å²) in [5, 5.41) is 6.78. The van der Waals surface area contributed by atoms with Crippen molar-refractivity contribution in [2.45, 2.75) is 38.8 Å². The van der Waals surface area contributed by atoms with Gasteiger partial charge in [0.2, 0.25) is 0 Å². The second-order valence-electron chi connectivity index (χ2n) is 6.28. The van der Waals surface area contributed by atoms with E-state index in [2.05, 4.69) is 41.3 Å². The van der Waals surface area contributed by atoms with Crippen molar-refractivity contribution in [2.24, 2.45) is 4.99 Å². The second-order valence-corrected chi connectivity index (χ2v) is 6.28. The maximum Gasteiger partial charge on any atom is 0.191 e. The quantitative estimate of drug-likeness (QED) is 0.548. The van der Waals surface area contributed by atoms with Crippen molar-refractivity contribution in [2.75, 3.05) is 59.5 Å². The lowest BCUT2D eigenvalue weighted by Crippen LogP contribution is -2.48. The Bertz CT molecular complexity index is 349. The van der Waals surface area contributed by atoms with Gasteiger partial charge >= 0.3 is 0 Å². The number of nitrogens with one attached hydrogen (secondary N) is 2. The van der Waals surface area contributed by atoms with Crippen molar-refractivity contribution in [3.8, 4) is 0 Å². The highest BCUT2D eigenvalue weighted by atomic mass is 16.5. The topological polar surface area (TPSA) is 52.1 Å². The number of guanidine groups is 1. The zero-order valence-corrected chi connectivity index (χ0v) is 14.5. The highest BCUT2D eigenvalue weighted by Crippen LogP contribution is 2.16. The van der Waals surface area contributed by atoms with Gasteiger partial charge in [-0.3, -0.25) is 9.89 Å². The van der Waals surface area contributed by atoms with Gasteiger partial charge in [0.25, 0.3) is 0 Å². The van der Waals surface area contributed by atoms with Crippen LogP contribution in [0.5, 0.6) is 0 Å². The van der Waals surface area contributed by atoms with Crippen LogP contribution in [0.15, 0.2) is 4.99 Å². The molecule has 6 heteroatoms. The highest BCUT2D eigenvalue weighted by Gasteiger charge is 2.22. The largest absolute Gasteiger partial charge is 0.374 e. The normalized spacial score (nSPS) is 28.0. The van der Waals surface area contributed by atoms with Crippen molar-refractivity contribution >= 4 is 5.96 Å². The summed E-state index contributed by atoms with van der Waals surface area (Å²) in [5.74, 6) is 0.919.